The normalized spacial score (nSPS) is 16.6. The zero-order chi connectivity index (χ0) is 19.1. The number of benzene rings is 1. The van der Waals surface area contributed by atoms with Crippen molar-refractivity contribution in [2.45, 2.75) is 19.9 Å². The molecule has 0 aromatic heterocycles. The maximum absolute atomic E-state index is 12.5. The number of amides is 2. The van der Waals surface area contributed by atoms with Crippen LogP contribution >= 0.6 is 0 Å². The smallest absolute Gasteiger partial charge is 0.338 e. The van der Waals surface area contributed by atoms with Gasteiger partial charge in [0.25, 0.3) is 0 Å². The van der Waals surface area contributed by atoms with E-state index in [1.165, 1.54) is 4.90 Å². The van der Waals surface area contributed by atoms with E-state index in [4.69, 9.17) is 14.7 Å². The zero-order valence-corrected chi connectivity index (χ0v) is 14.8. The molecule has 0 unspecified atom stereocenters. The molecule has 1 heterocycles. The Morgan fingerprint density at radius 3 is 2.69 bits per heavy atom. The minimum Gasteiger partial charge on any atom is -0.479 e. The van der Waals surface area contributed by atoms with Gasteiger partial charge in [0.2, 0.25) is 0 Å². The Balaban J connectivity index is 2.41. The number of urea groups is 1. The van der Waals surface area contributed by atoms with Crippen molar-refractivity contribution in [3.05, 3.63) is 53.8 Å². The van der Waals surface area contributed by atoms with Crippen molar-refractivity contribution in [2.24, 2.45) is 0 Å². The second kappa shape index (κ2) is 8.72. The Labute approximate surface area is 152 Å². The highest BCUT2D eigenvalue weighted by molar-refractivity contribution is 5.95. The van der Waals surface area contributed by atoms with Crippen molar-refractivity contribution in [2.75, 3.05) is 19.8 Å². The highest BCUT2D eigenvalue weighted by atomic mass is 16.5. The number of allylic oxidation sites excluding steroid dienone is 1. The summed E-state index contributed by atoms with van der Waals surface area (Å²) in [5.74, 6) is 0.0537. The zero-order valence-electron chi connectivity index (χ0n) is 14.8. The van der Waals surface area contributed by atoms with Gasteiger partial charge in [-0.05, 0) is 31.5 Å². The molecule has 2 amide bonds. The van der Waals surface area contributed by atoms with E-state index < -0.39 is 12.0 Å². The summed E-state index contributed by atoms with van der Waals surface area (Å²) in [5, 5.41) is 11.4. The van der Waals surface area contributed by atoms with Crippen molar-refractivity contribution in [3.63, 3.8) is 0 Å². The molecular formula is C19H21N3O4. The molecule has 0 bridgehead atoms. The van der Waals surface area contributed by atoms with Crippen LogP contribution in [0.15, 0.2) is 48.2 Å². The molecule has 7 heteroatoms. The number of nitriles is 1. The van der Waals surface area contributed by atoms with Gasteiger partial charge >= 0.3 is 12.0 Å². The molecule has 0 saturated heterocycles. The van der Waals surface area contributed by atoms with E-state index in [1.54, 1.807) is 44.2 Å². The predicted octanol–water partition coefficient (Wildman–Crippen LogP) is 2.68. The highest BCUT2D eigenvalue weighted by Gasteiger charge is 2.35. The lowest BCUT2D eigenvalue weighted by Crippen LogP contribution is -2.48. The van der Waals surface area contributed by atoms with Gasteiger partial charge in [-0.15, -0.1) is 6.58 Å². The molecule has 26 heavy (non-hydrogen) atoms. The largest absolute Gasteiger partial charge is 0.479 e. The first-order valence-corrected chi connectivity index (χ1v) is 8.20. The summed E-state index contributed by atoms with van der Waals surface area (Å²) < 4.78 is 10.4. The monoisotopic (exact) mass is 355 g/mol. The SMILES string of the molecule is C=CCN1C(=O)N[C@H](c2ccc(OCC#N)cc2)C(C(=O)OCC)=C1C. The van der Waals surface area contributed by atoms with Gasteiger partial charge in [-0.25, -0.2) is 9.59 Å². The topological polar surface area (TPSA) is 91.7 Å². The lowest BCUT2D eigenvalue weighted by molar-refractivity contribution is -0.139. The van der Waals surface area contributed by atoms with Crippen molar-refractivity contribution < 1.29 is 19.1 Å². The molecular weight excluding hydrogens is 334 g/mol. The molecule has 0 fully saturated rings. The van der Waals surface area contributed by atoms with Gasteiger partial charge < -0.3 is 14.8 Å². The summed E-state index contributed by atoms with van der Waals surface area (Å²) >= 11 is 0. The number of ether oxygens (including phenoxy) is 2. The molecule has 1 aliphatic heterocycles. The summed E-state index contributed by atoms with van der Waals surface area (Å²) in [5.41, 5.74) is 1.62. The fraction of sp³-hybridized carbons (Fsp3) is 0.316. The first kappa shape index (κ1) is 19.1. The summed E-state index contributed by atoms with van der Waals surface area (Å²) in [6, 6.07) is 7.81. The van der Waals surface area contributed by atoms with E-state index >= 15 is 0 Å². The number of carbonyl (C=O) groups is 2. The van der Waals surface area contributed by atoms with Crippen LogP contribution in [-0.4, -0.2) is 36.7 Å². The van der Waals surface area contributed by atoms with Crippen LogP contribution in [0, 0.1) is 11.3 Å². The number of hydrogen-bond donors (Lipinski definition) is 1. The molecule has 2 rings (SSSR count). The maximum Gasteiger partial charge on any atom is 0.338 e. The van der Waals surface area contributed by atoms with E-state index in [0.29, 0.717) is 22.6 Å². The van der Waals surface area contributed by atoms with E-state index in [1.807, 2.05) is 6.07 Å². The Bertz CT molecular complexity index is 762. The summed E-state index contributed by atoms with van der Waals surface area (Å²) in [6.07, 6.45) is 1.59. The third-order valence-electron chi connectivity index (χ3n) is 3.92. The van der Waals surface area contributed by atoms with Gasteiger partial charge in [0.05, 0.1) is 18.2 Å². The van der Waals surface area contributed by atoms with Gasteiger partial charge in [0.1, 0.15) is 11.8 Å². The molecule has 136 valence electrons. The summed E-state index contributed by atoms with van der Waals surface area (Å²) in [7, 11) is 0. The molecule has 0 spiro atoms. The summed E-state index contributed by atoms with van der Waals surface area (Å²) in [4.78, 5) is 26.4. The second-order valence-corrected chi connectivity index (χ2v) is 5.52. The maximum atomic E-state index is 12.5. The number of nitrogens with zero attached hydrogens (tertiary/aromatic N) is 2. The third kappa shape index (κ3) is 4.03. The van der Waals surface area contributed by atoms with Crippen LogP contribution in [0.3, 0.4) is 0 Å². The van der Waals surface area contributed by atoms with E-state index in [2.05, 4.69) is 11.9 Å². The van der Waals surface area contributed by atoms with Crippen LogP contribution in [0.25, 0.3) is 0 Å². The van der Waals surface area contributed by atoms with Crippen LogP contribution in [0.2, 0.25) is 0 Å². The second-order valence-electron chi connectivity index (χ2n) is 5.52. The van der Waals surface area contributed by atoms with Crippen LogP contribution in [0.4, 0.5) is 4.79 Å². The average molecular weight is 355 g/mol. The number of nitrogens with one attached hydrogen (secondary N) is 1. The molecule has 1 aromatic carbocycles. The molecule has 7 nitrogen and oxygen atoms in total. The van der Waals surface area contributed by atoms with Crippen molar-refractivity contribution in [1.82, 2.24) is 10.2 Å². The van der Waals surface area contributed by atoms with Crippen molar-refractivity contribution in [3.8, 4) is 11.8 Å². The van der Waals surface area contributed by atoms with Crippen LogP contribution in [-0.2, 0) is 9.53 Å². The van der Waals surface area contributed by atoms with E-state index in [9.17, 15) is 9.59 Å². The average Bonchev–Trinajstić information content (AvgIpc) is 2.63. The minimum absolute atomic E-state index is 0.0525. The van der Waals surface area contributed by atoms with Gasteiger partial charge in [-0.3, -0.25) is 4.90 Å². The van der Waals surface area contributed by atoms with E-state index in [-0.39, 0.29) is 25.8 Å². The minimum atomic E-state index is -0.632. The third-order valence-corrected chi connectivity index (χ3v) is 3.92. The lowest BCUT2D eigenvalue weighted by Gasteiger charge is -2.34. The molecule has 1 N–H and O–H groups in total. The van der Waals surface area contributed by atoms with Crippen molar-refractivity contribution in [1.29, 1.82) is 5.26 Å². The highest BCUT2D eigenvalue weighted by Crippen LogP contribution is 2.32. The van der Waals surface area contributed by atoms with Gasteiger partial charge in [-0.1, -0.05) is 18.2 Å². The van der Waals surface area contributed by atoms with Crippen molar-refractivity contribution >= 4 is 12.0 Å². The fourth-order valence-electron chi connectivity index (χ4n) is 2.73. The van der Waals surface area contributed by atoms with Crippen LogP contribution < -0.4 is 10.1 Å². The molecule has 0 radical (unpaired) electrons. The van der Waals surface area contributed by atoms with Crippen LogP contribution in [0.5, 0.6) is 5.75 Å². The Morgan fingerprint density at radius 2 is 2.12 bits per heavy atom. The fourth-order valence-corrected chi connectivity index (χ4v) is 2.73. The Hall–Kier alpha value is -3.27. The molecule has 1 aromatic rings. The Kier molecular flexibility index (Phi) is 6.39. The molecule has 0 saturated carbocycles. The first-order valence-electron chi connectivity index (χ1n) is 8.20. The lowest BCUT2D eigenvalue weighted by atomic mass is 9.95. The first-order chi connectivity index (χ1) is 12.5. The van der Waals surface area contributed by atoms with Crippen LogP contribution in [0.1, 0.15) is 25.5 Å². The van der Waals surface area contributed by atoms with Gasteiger partial charge in [0, 0.05) is 12.2 Å². The van der Waals surface area contributed by atoms with E-state index in [0.717, 1.165) is 0 Å². The van der Waals surface area contributed by atoms with Gasteiger partial charge in [-0.2, -0.15) is 5.26 Å². The standard InChI is InChI=1S/C19H21N3O4/c1-4-11-22-13(3)16(18(23)25-5-2)17(21-19(22)24)14-6-8-15(9-7-14)26-12-10-20/h4,6-9,17H,1,5,11-12H2,2-3H3,(H,21,24)/t17-/m1/s1. The Morgan fingerprint density at radius 1 is 1.42 bits per heavy atom. The predicted molar refractivity (Wildman–Crippen MR) is 95.1 cm³/mol. The number of hydrogen-bond acceptors (Lipinski definition) is 5. The molecule has 0 aliphatic carbocycles. The number of rotatable bonds is 7. The quantitative estimate of drug-likeness (QED) is 0.600. The van der Waals surface area contributed by atoms with Gasteiger partial charge in [0.15, 0.2) is 6.61 Å². The molecule has 1 aliphatic rings. The summed E-state index contributed by atoms with van der Waals surface area (Å²) in [6.45, 7) is 7.56. The number of esters is 1. The molecule has 1 atom stereocenters. The number of carbonyl (C=O) groups excluding carboxylic acids is 2.